The molecule has 1 atom stereocenters. The van der Waals surface area contributed by atoms with Crippen molar-refractivity contribution in [1.29, 1.82) is 0 Å². The Kier molecular flexibility index (Phi) is 6.22. The summed E-state index contributed by atoms with van der Waals surface area (Å²) < 4.78 is 5.53. The highest BCUT2D eigenvalue weighted by Gasteiger charge is 2.14. The van der Waals surface area contributed by atoms with Crippen LogP contribution >= 0.6 is 0 Å². The number of nitrogens with zero attached hydrogens (tertiary/aromatic N) is 1. The van der Waals surface area contributed by atoms with Crippen molar-refractivity contribution in [3.05, 3.63) is 0 Å². The van der Waals surface area contributed by atoms with E-state index in [2.05, 4.69) is 31.1 Å². The summed E-state index contributed by atoms with van der Waals surface area (Å²) in [5.74, 6) is 0.901. The third-order valence-electron chi connectivity index (χ3n) is 3.01. The highest BCUT2D eigenvalue weighted by Crippen LogP contribution is 2.12. The maximum absolute atomic E-state index is 5.53. The van der Waals surface area contributed by atoms with Gasteiger partial charge in [0, 0.05) is 6.54 Å². The normalized spacial score (nSPS) is 21.8. The van der Waals surface area contributed by atoms with Crippen LogP contribution in [0.1, 0.15) is 26.7 Å². The van der Waals surface area contributed by atoms with E-state index in [1.54, 1.807) is 0 Å². The summed E-state index contributed by atoms with van der Waals surface area (Å²) in [6.45, 7) is 9.72. The smallest absolute Gasteiger partial charge is 0.0596 e. The fourth-order valence-corrected chi connectivity index (χ4v) is 1.92. The molecule has 1 N–H and O–H groups in total. The van der Waals surface area contributed by atoms with Gasteiger partial charge in [-0.3, -0.25) is 0 Å². The summed E-state index contributed by atoms with van der Waals surface area (Å²) in [6, 6.07) is 0. The summed E-state index contributed by atoms with van der Waals surface area (Å²) >= 11 is 0. The van der Waals surface area contributed by atoms with Gasteiger partial charge in [0.05, 0.1) is 12.7 Å². The number of ether oxygens (including phenoxy) is 1. The molecule has 0 radical (unpaired) electrons. The Morgan fingerprint density at radius 3 is 2.80 bits per heavy atom. The lowest BCUT2D eigenvalue weighted by Crippen LogP contribution is -2.27. The first kappa shape index (κ1) is 12.9. The van der Waals surface area contributed by atoms with E-state index in [1.807, 2.05) is 0 Å². The monoisotopic (exact) mass is 214 g/mol. The zero-order valence-corrected chi connectivity index (χ0v) is 10.5. The molecule has 1 rings (SSSR count). The van der Waals surface area contributed by atoms with Gasteiger partial charge in [-0.05, 0) is 59.3 Å². The lowest BCUT2D eigenvalue weighted by molar-refractivity contribution is 0.0631. The van der Waals surface area contributed by atoms with Gasteiger partial charge in [0.15, 0.2) is 0 Å². The van der Waals surface area contributed by atoms with Gasteiger partial charge in [0.25, 0.3) is 0 Å². The first-order valence-electron chi connectivity index (χ1n) is 6.19. The van der Waals surface area contributed by atoms with E-state index in [1.165, 1.54) is 32.5 Å². The molecule has 1 unspecified atom stereocenters. The van der Waals surface area contributed by atoms with Gasteiger partial charge in [0.2, 0.25) is 0 Å². The van der Waals surface area contributed by atoms with E-state index in [4.69, 9.17) is 4.74 Å². The Balaban J connectivity index is 1.95. The van der Waals surface area contributed by atoms with Crippen LogP contribution in [-0.2, 0) is 4.74 Å². The van der Waals surface area contributed by atoms with Gasteiger partial charge < -0.3 is 15.0 Å². The molecule has 0 aliphatic carbocycles. The van der Waals surface area contributed by atoms with Gasteiger partial charge in [-0.25, -0.2) is 0 Å². The van der Waals surface area contributed by atoms with Crippen LogP contribution < -0.4 is 5.32 Å². The van der Waals surface area contributed by atoms with Gasteiger partial charge >= 0.3 is 0 Å². The summed E-state index contributed by atoms with van der Waals surface area (Å²) in [6.07, 6.45) is 3.04. The Morgan fingerprint density at radius 1 is 1.40 bits per heavy atom. The van der Waals surface area contributed by atoms with Crippen LogP contribution in [0.25, 0.3) is 0 Å². The topological polar surface area (TPSA) is 24.5 Å². The Hall–Kier alpha value is -0.120. The minimum atomic E-state index is 0.359. The van der Waals surface area contributed by atoms with Crippen LogP contribution in [0.5, 0.6) is 0 Å². The average Bonchev–Trinajstić information content (AvgIpc) is 2.66. The van der Waals surface area contributed by atoms with Crippen molar-refractivity contribution in [2.75, 3.05) is 39.8 Å². The maximum atomic E-state index is 5.53. The fraction of sp³-hybridized carbons (Fsp3) is 1.00. The van der Waals surface area contributed by atoms with Gasteiger partial charge in [-0.1, -0.05) is 0 Å². The third kappa shape index (κ3) is 6.13. The quantitative estimate of drug-likeness (QED) is 0.692. The van der Waals surface area contributed by atoms with Crippen molar-refractivity contribution >= 4 is 0 Å². The first-order chi connectivity index (χ1) is 7.18. The number of hydrogen-bond donors (Lipinski definition) is 1. The lowest BCUT2D eigenvalue weighted by Gasteiger charge is -2.19. The molecule has 0 saturated carbocycles. The molecule has 0 aromatic heterocycles. The van der Waals surface area contributed by atoms with Gasteiger partial charge in [0.1, 0.15) is 0 Å². The van der Waals surface area contributed by atoms with Crippen molar-refractivity contribution in [3.63, 3.8) is 0 Å². The predicted molar refractivity (Wildman–Crippen MR) is 64.2 cm³/mol. The Bertz CT molecular complexity index is 156. The summed E-state index contributed by atoms with van der Waals surface area (Å²) in [5.41, 5.74) is 0. The van der Waals surface area contributed by atoms with Crippen LogP contribution in [0.15, 0.2) is 0 Å². The number of likely N-dealkylation sites (N-methyl/N-ethyl adjacent to an activating group) is 1. The molecule has 1 aliphatic rings. The molecule has 0 aromatic rings. The molecular formula is C12H26N2O. The average molecular weight is 214 g/mol. The van der Waals surface area contributed by atoms with E-state index in [9.17, 15) is 0 Å². The van der Waals surface area contributed by atoms with Crippen LogP contribution in [0.2, 0.25) is 0 Å². The molecule has 90 valence electrons. The van der Waals surface area contributed by atoms with Crippen LogP contribution in [0, 0.1) is 5.92 Å². The van der Waals surface area contributed by atoms with Crippen molar-refractivity contribution in [3.8, 4) is 0 Å². The molecule has 1 fully saturated rings. The summed E-state index contributed by atoms with van der Waals surface area (Å²) in [4.78, 5) is 2.38. The Labute approximate surface area is 94.2 Å². The molecule has 0 spiro atoms. The summed E-state index contributed by atoms with van der Waals surface area (Å²) in [7, 11) is 2.19. The molecular weight excluding hydrogens is 188 g/mol. The molecule has 1 saturated heterocycles. The predicted octanol–water partition coefficient (Wildman–Crippen LogP) is 1.34. The Morgan fingerprint density at radius 2 is 2.20 bits per heavy atom. The van der Waals surface area contributed by atoms with E-state index < -0.39 is 0 Å². The van der Waals surface area contributed by atoms with Crippen LogP contribution in [-0.4, -0.2) is 50.8 Å². The highest BCUT2D eigenvalue weighted by molar-refractivity contribution is 4.71. The highest BCUT2D eigenvalue weighted by atomic mass is 16.5. The maximum Gasteiger partial charge on any atom is 0.0596 e. The van der Waals surface area contributed by atoms with E-state index in [0.717, 1.165) is 19.1 Å². The van der Waals surface area contributed by atoms with E-state index >= 15 is 0 Å². The summed E-state index contributed by atoms with van der Waals surface area (Å²) in [5, 5.41) is 3.41. The number of rotatable bonds is 7. The number of nitrogens with one attached hydrogen (secondary N) is 1. The minimum Gasteiger partial charge on any atom is -0.377 e. The second-order valence-corrected chi connectivity index (χ2v) is 4.87. The fourth-order valence-electron chi connectivity index (χ4n) is 1.92. The third-order valence-corrected chi connectivity index (χ3v) is 3.01. The van der Waals surface area contributed by atoms with E-state index in [0.29, 0.717) is 6.10 Å². The second kappa shape index (κ2) is 7.20. The molecule has 0 amide bonds. The van der Waals surface area contributed by atoms with Crippen LogP contribution in [0.4, 0.5) is 0 Å². The zero-order valence-electron chi connectivity index (χ0n) is 10.5. The minimum absolute atomic E-state index is 0.359. The van der Waals surface area contributed by atoms with Crippen LogP contribution in [0.3, 0.4) is 0 Å². The molecule has 0 aromatic carbocycles. The standard InChI is InChI=1S/C12H26N2O/c1-11(2)15-9-8-14(3)7-5-12-4-6-13-10-12/h11-13H,4-10H2,1-3H3. The van der Waals surface area contributed by atoms with Gasteiger partial charge in [-0.2, -0.15) is 0 Å². The zero-order chi connectivity index (χ0) is 11.1. The second-order valence-electron chi connectivity index (χ2n) is 4.87. The molecule has 1 aliphatic heterocycles. The van der Waals surface area contributed by atoms with Crippen molar-refractivity contribution in [1.82, 2.24) is 10.2 Å². The lowest BCUT2D eigenvalue weighted by atomic mass is 10.1. The molecule has 15 heavy (non-hydrogen) atoms. The van der Waals surface area contributed by atoms with Crippen molar-refractivity contribution < 1.29 is 4.74 Å². The van der Waals surface area contributed by atoms with Gasteiger partial charge in [-0.15, -0.1) is 0 Å². The number of hydrogen-bond acceptors (Lipinski definition) is 3. The van der Waals surface area contributed by atoms with Crippen molar-refractivity contribution in [2.24, 2.45) is 5.92 Å². The van der Waals surface area contributed by atoms with E-state index in [-0.39, 0.29) is 0 Å². The largest absolute Gasteiger partial charge is 0.377 e. The first-order valence-corrected chi connectivity index (χ1v) is 6.19. The molecule has 0 bridgehead atoms. The van der Waals surface area contributed by atoms with Crippen molar-refractivity contribution in [2.45, 2.75) is 32.8 Å². The molecule has 3 heteroatoms. The molecule has 3 nitrogen and oxygen atoms in total. The SMILES string of the molecule is CC(C)OCCN(C)CCC1CCNC1. The molecule has 1 heterocycles.